The SMILES string of the molecule is CCCCCC.CCCCCC.CCCCCC.CCCCCC.CCCCCC.CCCCCC.CCCCCC.CCCCCCC. The van der Waals surface area contributed by atoms with Gasteiger partial charge in [0.05, 0.1) is 0 Å². The molecule has 0 saturated carbocycles. The first-order valence-electron chi connectivity index (χ1n) is 23.8. The van der Waals surface area contributed by atoms with Crippen molar-refractivity contribution in [3.8, 4) is 0 Å². The van der Waals surface area contributed by atoms with Crippen LogP contribution in [0.3, 0.4) is 0 Å². The van der Waals surface area contributed by atoms with Gasteiger partial charge >= 0.3 is 0 Å². The first-order valence-corrected chi connectivity index (χ1v) is 23.8. The van der Waals surface area contributed by atoms with E-state index in [0.717, 1.165) is 0 Å². The fraction of sp³-hybridized carbons (Fsp3) is 1.00. The van der Waals surface area contributed by atoms with Gasteiger partial charge in [0.15, 0.2) is 0 Å². The summed E-state index contributed by atoms with van der Waals surface area (Å²) in [5.41, 5.74) is 0. The summed E-state index contributed by atoms with van der Waals surface area (Å²) >= 11 is 0. The lowest BCUT2D eigenvalue weighted by molar-refractivity contribution is 0.656. The van der Waals surface area contributed by atoms with Crippen LogP contribution in [0.1, 0.15) is 323 Å². The van der Waals surface area contributed by atoms with Crippen LogP contribution in [0.2, 0.25) is 0 Å². The molecule has 0 aliphatic carbocycles. The molecule has 0 rings (SSSR count). The van der Waals surface area contributed by atoms with Crippen LogP contribution in [0.4, 0.5) is 0 Å². The van der Waals surface area contributed by atoms with Gasteiger partial charge in [0.1, 0.15) is 0 Å². The minimum absolute atomic E-state index is 1.36. The lowest BCUT2D eigenvalue weighted by Gasteiger charge is -1.90. The second kappa shape index (κ2) is 97.4. The first-order chi connectivity index (χ1) is 23.8. The Balaban J connectivity index is -0.0000000654. The van der Waals surface area contributed by atoms with Crippen molar-refractivity contribution in [2.75, 3.05) is 0 Å². The van der Waals surface area contributed by atoms with E-state index in [4.69, 9.17) is 0 Å². The van der Waals surface area contributed by atoms with E-state index in [2.05, 4.69) is 111 Å². The Labute approximate surface area is 321 Å². The van der Waals surface area contributed by atoms with Gasteiger partial charge in [0, 0.05) is 0 Å². The van der Waals surface area contributed by atoms with Crippen molar-refractivity contribution in [1.29, 1.82) is 0 Å². The maximum Gasteiger partial charge on any atom is -0.0533 e. The van der Waals surface area contributed by atoms with Gasteiger partial charge < -0.3 is 0 Å². The molecule has 0 saturated heterocycles. The number of unbranched alkanes of at least 4 members (excludes halogenated alkanes) is 25. The summed E-state index contributed by atoms with van der Waals surface area (Å²) in [5, 5.41) is 0. The summed E-state index contributed by atoms with van der Waals surface area (Å²) in [4.78, 5) is 0. The van der Waals surface area contributed by atoms with Gasteiger partial charge in [0.2, 0.25) is 0 Å². The molecule has 0 aromatic heterocycles. The Morgan fingerprint density at radius 2 is 0.163 bits per heavy atom. The van der Waals surface area contributed by atoms with Crippen molar-refractivity contribution in [1.82, 2.24) is 0 Å². The minimum Gasteiger partial charge on any atom is -0.0654 e. The molecule has 0 spiro atoms. The Morgan fingerprint density at radius 3 is 0.224 bits per heavy atom. The molecule has 0 heterocycles. The Morgan fingerprint density at radius 1 is 0.102 bits per heavy atom. The Bertz CT molecular complexity index is 222. The fourth-order valence-electron chi connectivity index (χ4n) is 4.18. The number of hydrogen-bond acceptors (Lipinski definition) is 0. The van der Waals surface area contributed by atoms with Crippen molar-refractivity contribution >= 4 is 0 Å². The Hall–Kier alpha value is 0. The molecule has 0 bridgehead atoms. The average molecular weight is 703 g/mol. The van der Waals surface area contributed by atoms with Crippen LogP contribution in [0.5, 0.6) is 0 Å². The van der Waals surface area contributed by atoms with E-state index in [-0.39, 0.29) is 0 Å². The van der Waals surface area contributed by atoms with E-state index >= 15 is 0 Å². The normalized spacial score (nSPS) is 9.06. The van der Waals surface area contributed by atoms with Crippen LogP contribution >= 0.6 is 0 Å². The van der Waals surface area contributed by atoms with E-state index in [1.54, 1.807) is 0 Å². The maximum absolute atomic E-state index is 2.25. The highest BCUT2D eigenvalue weighted by Crippen LogP contribution is 2.01. The summed E-state index contributed by atoms with van der Waals surface area (Å²) in [6, 6.07) is 0. The molecule has 0 nitrogen and oxygen atoms in total. The van der Waals surface area contributed by atoms with Gasteiger partial charge in [-0.05, 0) is 0 Å². The van der Waals surface area contributed by atoms with Crippen molar-refractivity contribution in [2.45, 2.75) is 323 Å². The number of hydrogen-bond donors (Lipinski definition) is 0. The van der Waals surface area contributed by atoms with Gasteiger partial charge in [-0.25, -0.2) is 0 Å². The molecule has 0 fully saturated rings. The van der Waals surface area contributed by atoms with Crippen LogP contribution in [0.25, 0.3) is 0 Å². The highest BCUT2D eigenvalue weighted by Gasteiger charge is 1.81. The van der Waals surface area contributed by atoms with Crippen LogP contribution in [-0.4, -0.2) is 0 Å². The highest BCUT2D eigenvalue weighted by atomic mass is 13.9. The Kier molecular flexibility index (Phi) is 133. The molecule has 310 valence electrons. The third-order valence-electron chi connectivity index (χ3n) is 7.91. The van der Waals surface area contributed by atoms with E-state index in [0.29, 0.717) is 0 Å². The van der Waals surface area contributed by atoms with E-state index < -0.39 is 0 Å². The van der Waals surface area contributed by atoms with Crippen molar-refractivity contribution < 1.29 is 0 Å². The van der Waals surface area contributed by atoms with Crippen molar-refractivity contribution in [3.63, 3.8) is 0 Å². The van der Waals surface area contributed by atoms with Gasteiger partial charge in [-0.2, -0.15) is 0 Å². The second-order valence-electron chi connectivity index (χ2n) is 14.0. The maximum atomic E-state index is 2.25. The number of rotatable bonds is 25. The molecule has 0 amide bonds. The van der Waals surface area contributed by atoms with Gasteiger partial charge in [-0.15, -0.1) is 0 Å². The van der Waals surface area contributed by atoms with Crippen molar-refractivity contribution in [3.05, 3.63) is 0 Å². The van der Waals surface area contributed by atoms with E-state index in [9.17, 15) is 0 Å². The molecule has 0 heteroatoms. The summed E-state index contributed by atoms with van der Waals surface area (Å²) in [6.07, 6.45) is 45.8. The molecule has 0 aliphatic heterocycles. The monoisotopic (exact) mass is 703 g/mol. The lowest BCUT2D eigenvalue weighted by atomic mass is 10.2. The smallest absolute Gasteiger partial charge is 0.0533 e. The summed E-state index contributed by atoms with van der Waals surface area (Å²) in [6.45, 7) is 35.7. The molecule has 0 aromatic rings. The molecule has 0 aromatic carbocycles. The van der Waals surface area contributed by atoms with E-state index in [1.165, 1.54) is 212 Å². The van der Waals surface area contributed by atoms with E-state index in [1.807, 2.05) is 0 Å². The third-order valence-corrected chi connectivity index (χ3v) is 7.91. The third kappa shape index (κ3) is 163. The van der Waals surface area contributed by atoms with Crippen LogP contribution < -0.4 is 0 Å². The topological polar surface area (TPSA) is 0 Å². The quantitative estimate of drug-likeness (QED) is 0.0831. The summed E-state index contributed by atoms with van der Waals surface area (Å²) in [5.74, 6) is 0. The van der Waals surface area contributed by atoms with Gasteiger partial charge in [-0.3, -0.25) is 0 Å². The fourth-order valence-corrected chi connectivity index (χ4v) is 4.18. The highest BCUT2D eigenvalue weighted by molar-refractivity contribution is 4.36. The first kappa shape index (κ1) is 67.2. The molecule has 0 atom stereocenters. The second-order valence-corrected chi connectivity index (χ2v) is 14.0. The summed E-state index contributed by atoms with van der Waals surface area (Å²) < 4.78 is 0. The zero-order valence-electron chi connectivity index (χ0n) is 39.3. The molecule has 0 aliphatic rings. The molecule has 49 heavy (non-hydrogen) atoms. The minimum atomic E-state index is 1.36. The molecule has 0 radical (unpaired) electrons. The average Bonchev–Trinajstić information content (AvgIpc) is 3.14. The molecule has 0 N–H and O–H groups in total. The molecular weight excluding hydrogens is 589 g/mol. The zero-order valence-corrected chi connectivity index (χ0v) is 39.3. The predicted molar refractivity (Wildman–Crippen MR) is 243 cm³/mol. The standard InChI is InChI=1S/C7H16.7C6H14/c1-3-5-7-6-4-2;7*1-3-5-6-4-2/h3-7H2,1-2H3;7*3-6H2,1-2H3. The van der Waals surface area contributed by atoms with Crippen LogP contribution in [0, 0.1) is 0 Å². The van der Waals surface area contributed by atoms with Crippen LogP contribution in [-0.2, 0) is 0 Å². The largest absolute Gasteiger partial charge is 0.0654 e. The summed E-state index contributed by atoms with van der Waals surface area (Å²) in [7, 11) is 0. The predicted octanol–water partition coefficient (Wildman–Crippen LogP) is 21.1. The van der Waals surface area contributed by atoms with Crippen molar-refractivity contribution in [2.24, 2.45) is 0 Å². The molecule has 0 unspecified atom stereocenters. The zero-order chi connectivity index (χ0) is 39.3. The van der Waals surface area contributed by atoms with Crippen LogP contribution in [0.15, 0.2) is 0 Å². The van der Waals surface area contributed by atoms with Gasteiger partial charge in [0.25, 0.3) is 0 Å². The van der Waals surface area contributed by atoms with Gasteiger partial charge in [-0.1, -0.05) is 323 Å². The molecular formula is C49H114. The lowest BCUT2D eigenvalue weighted by Crippen LogP contribution is -1.70.